The van der Waals surface area contributed by atoms with Crippen LogP contribution in [0.3, 0.4) is 0 Å². The van der Waals surface area contributed by atoms with E-state index in [0.29, 0.717) is 0 Å². The van der Waals surface area contributed by atoms with Crippen molar-refractivity contribution in [1.29, 1.82) is 0 Å². The molecule has 2 heteroatoms. The second kappa shape index (κ2) is 6.15. The molecule has 1 heterocycles. The molecule has 3 aromatic rings. The number of benzene rings is 2. The highest BCUT2D eigenvalue weighted by Gasteiger charge is 2.17. The number of fused-ring (bicyclic) bond motifs is 1. The van der Waals surface area contributed by atoms with E-state index in [-0.39, 0.29) is 6.04 Å². The first-order chi connectivity index (χ1) is 10.3. The molecule has 1 atom stereocenters. The molecule has 21 heavy (non-hydrogen) atoms. The molecule has 0 radical (unpaired) electrons. The molecular weight excluding hydrogens is 258 g/mol. The van der Waals surface area contributed by atoms with Gasteiger partial charge in [0.1, 0.15) is 5.58 Å². The fraction of sp³-hybridized carbons (Fsp3) is 0.263. The maximum Gasteiger partial charge on any atom is 0.134 e. The Morgan fingerprint density at radius 1 is 1.10 bits per heavy atom. The molecule has 1 unspecified atom stereocenters. The van der Waals surface area contributed by atoms with Crippen molar-refractivity contribution in [3.8, 4) is 0 Å². The van der Waals surface area contributed by atoms with Crippen molar-refractivity contribution in [1.82, 2.24) is 5.32 Å². The van der Waals surface area contributed by atoms with Gasteiger partial charge in [-0.15, -0.1) is 0 Å². The van der Waals surface area contributed by atoms with Crippen LogP contribution in [0.25, 0.3) is 11.0 Å². The number of para-hydroxylation sites is 1. The highest BCUT2D eigenvalue weighted by molar-refractivity contribution is 5.81. The van der Waals surface area contributed by atoms with E-state index in [4.69, 9.17) is 4.42 Å². The Hall–Kier alpha value is -2.06. The Morgan fingerprint density at radius 2 is 1.95 bits per heavy atom. The molecule has 0 saturated carbocycles. The first-order valence-corrected chi connectivity index (χ1v) is 7.55. The van der Waals surface area contributed by atoms with Gasteiger partial charge in [-0.25, -0.2) is 0 Å². The van der Waals surface area contributed by atoms with E-state index >= 15 is 0 Å². The van der Waals surface area contributed by atoms with Gasteiger partial charge >= 0.3 is 0 Å². The van der Waals surface area contributed by atoms with E-state index < -0.39 is 0 Å². The van der Waals surface area contributed by atoms with Crippen LogP contribution in [0.15, 0.2) is 59.2 Å². The largest absolute Gasteiger partial charge is 0.464 e. The third kappa shape index (κ3) is 2.72. The van der Waals surface area contributed by atoms with Gasteiger partial charge in [-0.05, 0) is 30.7 Å². The third-order valence-electron chi connectivity index (χ3n) is 3.93. The van der Waals surface area contributed by atoms with Gasteiger partial charge in [0.25, 0.3) is 0 Å². The highest BCUT2D eigenvalue weighted by atomic mass is 16.3. The Balaban J connectivity index is 2.03. The van der Waals surface area contributed by atoms with E-state index in [0.717, 1.165) is 12.0 Å². The monoisotopic (exact) mass is 279 g/mol. The van der Waals surface area contributed by atoms with Crippen LogP contribution in [0.2, 0.25) is 0 Å². The summed E-state index contributed by atoms with van der Waals surface area (Å²) >= 11 is 0. The maximum absolute atomic E-state index is 5.69. The topological polar surface area (TPSA) is 25.2 Å². The van der Waals surface area contributed by atoms with Crippen LogP contribution >= 0.6 is 0 Å². The molecule has 0 spiro atoms. The molecule has 1 aromatic heterocycles. The van der Waals surface area contributed by atoms with E-state index in [1.165, 1.54) is 28.5 Å². The minimum absolute atomic E-state index is 0.158. The second-order valence-electron chi connectivity index (χ2n) is 5.40. The van der Waals surface area contributed by atoms with E-state index in [1.807, 2.05) is 25.4 Å². The van der Waals surface area contributed by atoms with Crippen LogP contribution in [0.4, 0.5) is 0 Å². The van der Waals surface area contributed by atoms with E-state index in [1.54, 1.807) is 0 Å². The fourth-order valence-corrected chi connectivity index (χ4v) is 2.94. The quantitative estimate of drug-likeness (QED) is 0.732. The lowest BCUT2D eigenvalue weighted by atomic mass is 9.96. The van der Waals surface area contributed by atoms with Crippen molar-refractivity contribution >= 4 is 11.0 Å². The molecule has 0 aliphatic heterocycles. The van der Waals surface area contributed by atoms with Crippen LogP contribution in [0.5, 0.6) is 0 Å². The lowest BCUT2D eigenvalue weighted by molar-refractivity contribution is 0.596. The summed E-state index contributed by atoms with van der Waals surface area (Å²) in [7, 11) is 2.00. The lowest BCUT2D eigenvalue weighted by Gasteiger charge is -2.16. The van der Waals surface area contributed by atoms with E-state index in [2.05, 4.69) is 48.6 Å². The first kappa shape index (κ1) is 13.9. The molecule has 2 nitrogen and oxygen atoms in total. The summed E-state index contributed by atoms with van der Waals surface area (Å²) in [4.78, 5) is 0. The predicted octanol–water partition coefficient (Wildman–Crippen LogP) is 4.69. The molecule has 2 aromatic carbocycles. The van der Waals surface area contributed by atoms with Crippen LogP contribution < -0.4 is 5.32 Å². The van der Waals surface area contributed by atoms with Gasteiger partial charge in [0.15, 0.2) is 0 Å². The summed E-state index contributed by atoms with van der Waals surface area (Å²) in [5, 5.41) is 4.60. The Kier molecular flexibility index (Phi) is 4.07. The molecule has 1 N–H and O–H groups in total. The maximum atomic E-state index is 5.69. The molecule has 3 rings (SSSR count). The lowest BCUT2D eigenvalue weighted by Crippen LogP contribution is -2.17. The van der Waals surface area contributed by atoms with Gasteiger partial charge in [-0.3, -0.25) is 0 Å². The SMILES string of the molecule is CCCc1cccc(C(NC)c2coc3ccccc23)c1. The summed E-state index contributed by atoms with van der Waals surface area (Å²) in [6, 6.07) is 17.2. The van der Waals surface area contributed by atoms with Crippen LogP contribution in [0.1, 0.15) is 36.1 Å². The number of hydrogen-bond donors (Lipinski definition) is 1. The number of furan rings is 1. The molecule has 0 aliphatic carbocycles. The van der Waals surface area contributed by atoms with Gasteiger partial charge in [0, 0.05) is 10.9 Å². The molecule has 0 bridgehead atoms. The van der Waals surface area contributed by atoms with Gasteiger partial charge in [-0.1, -0.05) is 55.8 Å². The van der Waals surface area contributed by atoms with Crippen molar-refractivity contribution in [2.75, 3.05) is 7.05 Å². The van der Waals surface area contributed by atoms with Crippen LogP contribution in [-0.2, 0) is 6.42 Å². The fourth-order valence-electron chi connectivity index (χ4n) is 2.94. The van der Waals surface area contributed by atoms with Gasteiger partial charge < -0.3 is 9.73 Å². The number of aryl methyl sites for hydroxylation is 1. The normalized spacial score (nSPS) is 12.7. The predicted molar refractivity (Wildman–Crippen MR) is 87.6 cm³/mol. The third-order valence-corrected chi connectivity index (χ3v) is 3.93. The smallest absolute Gasteiger partial charge is 0.134 e. The average Bonchev–Trinajstić information content (AvgIpc) is 2.93. The summed E-state index contributed by atoms with van der Waals surface area (Å²) < 4.78 is 5.69. The van der Waals surface area contributed by atoms with Crippen molar-refractivity contribution in [3.05, 3.63) is 71.5 Å². The van der Waals surface area contributed by atoms with Gasteiger partial charge in [0.05, 0.1) is 12.3 Å². The summed E-state index contributed by atoms with van der Waals surface area (Å²) in [5.74, 6) is 0. The van der Waals surface area contributed by atoms with Crippen molar-refractivity contribution < 1.29 is 4.42 Å². The molecule has 0 saturated heterocycles. The van der Waals surface area contributed by atoms with Crippen LogP contribution in [0, 0.1) is 0 Å². The highest BCUT2D eigenvalue weighted by Crippen LogP contribution is 2.30. The zero-order valence-corrected chi connectivity index (χ0v) is 12.6. The Bertz CT molecular complexity index is 729. The summed E-state index contributed by atoms with van der Waals surface area (Å²) in [5.41, 5.74) is 4.82. The Morgan fingerprint density at radius 3 is 2.76 bits per heavy atom. The molecule has 108 valence electrons. The molecule has 0 fully saturated rings. The zero-order chi connectivity index (χ0) is 14.7. The average molecular weight is 279 g/mol. The zero-order valence-electron chi connectivity index (χ0n) is 12.6. The minimum atomic E-state index is 0.158. The van der Waals surface area contributed by atoms with E-state index in [9.17, 15) is 0 Å². The second-order valence-corrected chi connectivity index (χ2v) is 5.40. The molecule has 0 aliphatic rings. The van der Waals surface area contributed by atoms with Gasteiger partial charge in [0.2, 0.25) is 0 Å². The summed E-state index contributed by atoms with van der Waals surface area (Å²) in [6.45, 7) is 2.21. The standard InChI is InChI=1S/C19H21NO/c1-3-7-14-8-6-9-15(12-14)19(20-2)17-13-21-18-11-5-4-10-16(17)18/h4-6,8-13,19-20H,3,7H2,1-2H3. The number of hydrogen-bond acceptors (Lipinski definition) is 2. The van der Waals surface area contributed by atoms with Crippen molar-refractivity contribution in [2.45, 2.75) is 25.8 Å². The Labute approximate surface area is 125 Å². The minimum Gasteiger partial charge on any atom is -0.464 e. The molecule has 0 amide bonds. The number of rotatable bonds is 5. The first-order valence-electron chi connectivity index (χ1n) is 7.55. The number of nitrogens with one attached hydrogen (secondary N) is 1. The van der Waals surface area contributed by atoms with Crippen LogP contribution in [-0.4, -0.2) is 7.05 Å². The molecular formula is C19H21NO. The summed E-state index contributed by atoms with van der Waals surface area (Å²) in [6.07, 6.45) is 4.16. The van der Waals surface area contributed by atoms with Crippen molar-refractivity contribution in [3.63, 3.8) is 0 Å². The van der Waals surface area contributed by atoms with Gasteiger partial charge in [-0.2, -0.15) is 0 Å². The van der Waals surface area contributed by atoms with Crippen molar-refractivity contribution in [2.24, 2.45) is 0 Å².